The van der Waals surface area contributed by atoms with E-state index in [1.54, 1.807) is 0 Å². The SMILES string of the molecule is CC(=O)NC1C(O)[C@H](O[C@@H]2OC(CO)[C@H](O)[C@H](O)C2O)[C@H](CO)O[C@H]1OC1[C@@H](OCC2O[C@@H](O[C@@H]3C(CO)O[C@@H](O[C@@H]4C(CO)O[C@@H](C)C(NC(C)=O)[C@H]4O)C(NC(C)=O)[C@H]3O)C(O)[C@@H](O)[C@@H]2O)OC(CO)[C@@H](O)[C@@H]1O. The average molecular weight is 1110 g/mol. The number of aliphatic hydroxyl groups excluding tert-OH is 16. The van der Waals surface area contributed by atoms with Gasteiger partial charge in [-0.05, 0) is 6.92 Å². The largest absolute Gasteiger partial charge is 0.394 e. The van der Waals surface area contributed by atoms with Gasteiger partial charge in [-0.3, -0.25) is 14.4 Å². The molecule has 30 atom stereocenters. The number of nitrogens with one attached hydrogen (secondary N) is 3. The second-order valence-electron chi connectivity index (χ2n) is 19.3. The molecule has 6 saturated heterocycles. The van der Waals surface area contributed by atoms with E-state index in [9.17, 15) is 96.1 Å². The number of carbonyl (C=O) groups is 3. The van der Waals surface area contributed by atoms with Crippen molar-refractivity contribution in [2.75, 3.05) is 39.6 Å². The zero-order chi connectivity index (χ0) is 56.2. The lowest BCUT2D eigenvalue weighted by atomic mass is 9.92. The van der Waals surface area contributed by atoms with Gasteiger partial charge in [0.2, 0.25) is 17.7 Å². The molecule has 0 aromatic rings. The molecule has 33 nitrogen and oxygen atoms in total. The lowest BCUT2D eigenvalue weighted by Crippen LogP contribution is -2.70. The van der Waals surface area contributed by atoms with Gasteiger partial charge in [0.25, 0.3) is 0 Å². The van der Waals surface area contributed by atoms with Crippen molar-refractivity contribution in [2.24, 2.45) is 0 Å². The highest BCUT2D eigenvalue weighted by Crippen LogP contribution is 2.36. The van der Waals surface area contributed by atoms with Crippen LogP contribution < -0.4 is 16.0 Å². The number of hydrogen-bond donors (Lipinski definition) is 19. The minimum absolute atomic E-state index is 0.542. The molecule has 6 aliphatic rings. The first-order valence-electron chi connectivity index (χ1n) is 24.4. The van der Waals surface area contributed by atoms with Crippen LogP contribution in [0.25, 0.3) is 0 Å². The molecule has 6 fully saturated rings. The van der Waals surface area contributed by atoms with Crippen LogP contribution in [0, 0.1) is 0 Å². The Bertz CT molecular complexity index is 1870. The van der Waals surface area contributed by atoms with Gasteiger partial charge in [-0.2, -0.15) is 0 Å². The Hall–Kier alpha value is -2.67. The van der Waals surface area contributed by atoms with E-state index < -0.39 is 241 Å². The molecular formula is C43H73N3O30. The number of amides is 3. The Morgan fingerprint density at radius 2 is 0.671 bits per heavy atom. The van der Waals surface area contributed by atoms with Crippen molar-refractivity contribution in [3.63, 3.8) is 0 Å². The van der Waals surface area contributed by atoms with Gasteiger partial charge in [-0.25, -0.2) is 0 Å². The molecule has 0 bridgehead atoms. The van der Waals surface area contributed by atoms with Gasteiger partial charge in [0, 0.05) is 20.8 Å². The Morgan fingerprint density at radius 3 is 1.09 bits per heavy atom. The summed E-state index contributed by atoms with van der Waals surface area (Å²) < 4.78 is 63.9. The van der Waals surface area contributed by atoms with E-state index in [0.717, 1.165) is 13.8 Å². The predicted octanol–water partition coefficient (Wildman–Crippen LogP) is -12.6. The average Bonchev–Trinajstić information content (AvgIpc) is 3.38. The number of carbonyl (C=O) groups excluding carboxylic acids is 3. The Kier molecular flexibility index (Phi) is 22.4. The van der Waals surface area contributed by atoms with Crippen molar-refractivity contribution in [1.29, 1.82) is 0 Å². The highest BCUT2D eigenvalue weighted by molar-refractivity contribution is 5.74. The van der Waals surface area contributed by atoms with Crippen molar-refractivity contribution in [3.8, 4) is 0 Å². The molecule has 3 amide bonds. The molecule has 440 valence electrons. The first-order chi connectivity index (χ1) is 35.9. The Labute approximate surface area is 432 Å². The molecule has 0 saturated carbocycles. The van der Waals surface area contributed by atoms with Gasteiger partial charge in [0.1, 0.15) is 140 Å². The Balaban J connectivity index is 1.19. The standard InChI is InChI=1S/C43H73N3O30/c1-11-21(44-12(2)52)27(58)35(17(7-49)67-11)73-39-22(45-13(3)53)28(59)37(18(8-50)70-39)75-42-34(65)31(62)26(57)20(72-42)10-66-43-38(32(63)25(56)16(6-48)69-43)76-40-23(46-14(4)54)29(60)36(19(9-51)71-40)74-41-33(64)30(61)24(55)15(5-47)68-41/h11,15-43,47-51,55-65H,5-10H2,1-4H3,(H,44,52)(H,45,53)(H,46,54)/t11-,15?,16?,17?,18?,19-,20?,21?,22?,23?,24-,25+,26+,27+,28+,29?,30-,31-,32-,33?,34?,35+,36+,37+,38?,39-,40-,41-,42-,43-/m0/s1. The molecule has 33 heteroatoms. The number of hydrogen-bond acceptors (Lipinski definition) is 30. The first kappa shape index (κ1) is 62.5. The van der Waals surface area contributed by atoms with Gasteiger partial charge in [-0.15, -0.1) is 0 Å². The van der Waals surface area contributed by atoms with Crippen molar-refractivity contribution in [2.45, 2.75) is 212 Å². The third kappa shape index (κ3) is 13.7. The second-order valence-corrected chi connectivity index (χ2v) is 19.3. The monoisotopic (exact) mass is 1110 g/mol. The van der Waals surface area contributed by atoms with Gasteiger partial charge < -0.3 is 150 Å². The van der Waals surface area contributed by atoms with Gasteiger partial charge in [0.15, 0.2) is 31.5 Å². The van der Waals surface area contributed by atoms with Gasteiger partial charge >= 0.3 is 0 Å². The summed E-state index contributed by atoms with van der Waals surface area (Å²) in [6, 6.07) is -4.42. The third-order valence-electron chi connectivity index (χ3n) is 13.9. The molecule has 0 aliphatic carbocycles. The van der Waals surface area contributed by atoms with Crippen LogP contribution in [-0.2, 0) is 66.5 Å². The molecule has 6 aliphatic heterocycles. The lowest BCUT2D eigenvalue weighted by Gasteiger charge is -2.50. The quantitative estimate of drug-likeness (QED) is 0.0571. The summed E-state index contributed by atoms with van der Waals surface area (Å²) >= 11 is 0. The van der Waals surface area contributed by atoms with Crippen LogP contribution in [-0.4, -0.2) is 323 Å². The summed E-state index contributed by atoms with van der Waals surface area (Å²) in [5.41, 5.74) is 0. The van der Waals surface area contributed by atoms with E-state index in [-0.39, 0.29) is 0 Å². The molecular weight excluding hydrogens is 1040 g/mol. The summed E-state index contributed by atoms with van der Waals surface area (Å²) in [6.07, 6.45) is -48.2. The summed E-state index contributed by atoms with van der Waals surface area (Å²) in [6.45, 7) is -0.577. The lowest BCUT2D eigenvalue weighted by molar-refractivity contribution is -0.379. The molecule has 0 spiro atoms. The third-order valence-corrected chi connectivity index (χ3v) is 13.9. The van der Waals surface area contributed by atoms with E-state index in [4.69, 9.17) is 52.1 Å². The van der Waals surface area contributed by atoms with E-state index >= 15 is 0 Å². The number of rotatable bonds is 19. The van der Waals surface area contributed by atoms with Crippen molar-refractivity contribution >= 4 is 17.7 Å². The minimum Gasteiger partial charge on any atom is -0.394 e. The highest BCUT2D eigenvalue weighted by atomic mass is 16.8. The molecule has 19 N–H and O–H groups in total. The number of ether oxygens (including phenoxy) is 11. The van der Waals surface area contributed by atoms with E-state index in [0.29, 0.717) is 0 Å². The van der Waals surface area contributed by atoms with E-state index in [1.165, 1.54) is 13.8 Å². The van der Waals surface area contributed by atoms with Gasteiger partial charge in [0.05, 0.1) is 51.8 Å². The van der Waals surface area contributed by atoms with Crippen LogP contribution in [0.3, 0.4) is 0 Å². The van der Waals surface area contributed by atoms with Crippen molar-refractivity contribution in [1.82, 2.24) is 16.0 Å². The van der Waals surface area contributed by atoms with Crippen LogP contribution in [0.1, 0.15) is 27.7 Å². The smallest absolute Gasteiger partial charge is 0.217 e. The highest BCUT2D eigenvalue weighted by Gasteiger charge is 2.57. The Morgan fingerprint density at radius 1 is 0.355 bits per heavy atom. The van der Waals surface area contributed by atoms with Crippen LogP contribution in [0.4, 0.5) is 0 Å². The number of aliphatic hydroxyl groups is 16. The van der Waals surface area contributed by atoms with Gasteiger partial charge in [-0.1, -0.05) is 0 Å². The molecule has 6 rings (SSSR count). The maximum absolute atomic E-state index is 12.5. The van der Waals surface area contributed by atoms with Crippen LogP contribution in [0.5, 0.6) is 0 Å². The fourth-order valence-electron chi connectivity index (χ4n) is 9.86. The first-order valence-corrected chi connectivity index (χ1v) is 24.4. The van der Waals surface area contributed by atoms with Crippen LogP contribution >= 0.6 is 0 Å². The summed E-state index contributed by atoms with van der Waals surface area (Å²) in [4.78, 5) is 36.9. The van der Waals surface area contributed by atoms with Crippen LogP contribution in [0.2, 0.25) is 0 Å². The molecule has 6 heterocycles. The fourth-order valence-corrected chi connectivity index (χ4v) is 9.86. The normalized spacial score (nSPS) is 48.2. The van der Waals surface area contributed by atoms with Crippen molar-refractivity contribution in [3.05, 3.63) is 0 Å². The molecule has 12 unspecified atom stereocenters. The summed E-state index contributed by atoms with van der Waals surface area (Å²) in [5, 5.41) is 179. The maximum Gasteiger partial charge on any atom is 0.217 e. The minimum atomic E-state index is -2.13. The van der Waals surface area contributed by atoms with Crippen LogP contribution in [0.15, 0.2) is 0 Å². The molecule has 0 radical (unpaired) electrons. The topological polar surface area (TPSA) is 513 Å². The molecule has 76 heavy (non-hydrogen) atoms. The fraction of sp³-hybridized carbons (Fsp3) is 0.930. The zero-order valence-electron chi connectivity index (χ0n) is 41.4. The van der Waals surface area contributed by atoms with Crippen molar-refractivity contribution < 1.29 is 148 Å². The van der Waals surface area contributed by atoms with E-state index in [2.05, 4.69) is 16.0 Å². The summed E-state index contributed by atoms with van der Waals surface area (Å²) in [7, 11) is 0. The zero-order valence-corrected chi connectivity index (χ0v) is 41.4. The second kappa shape index (κ2) is 27.2. The predicted molar refractivity (Wildman–Crippen MR) is 237 cm³/mol. The summed E-state index contributed by atoms with van der Waals surface area (Å²) in [5.74, 6) is -2.13. The maximum atomic E-state index is 12.5. The molecule has 0 aromatic carbocycles. The molecule has 0 aromatic heterocycles. The van der Waals surface area contributed by atoms with E-state index in [1.807, 2.05) is 0 Å².